The number of hydrogen-bond acceptors (Lipinski definition) is 2. The second-order valence-electron chi connectivity index (χ2n) is 4.73. The summed E-state index contributed by atoms with van der Waals surface area (Å²) >= 11 is 0. The summed E-state index contributed by atoms with van der Waals surface area (Å²) in [5, 5.41) is 4.34. The molecule has 1 aromatic heterocycles. The van der Waals surface area contributed by atoms with E-state index in [1.165, 1.54) is 11.1 Å². The Morgan fingerprint density at radius 2 is 1.65 bits per heavy atom. The molecule has 1 atom stereocenters. The van der Waals surface area contributed by atoms with Crippen LogP contribution in [0.4, 0.5) is 0 Å². The molecule has 2 rings (SSSR count). The molecule has 3 nitrogen and oxygen atoms in total. The number of aryl methyl sites for hydroxylation is 4. The Hall–Kier alpha value is -1.61. The molecule has 0 saturated carbocycles. The molecule has 1 unspecified atom stereocenters. The molecule has 0 saturated heterocycles. The summed E-state index contributed by atoms with van der Waals surface area (Å²) in [4.78, 5) is 0. The van der Waals surface area contributed by atoms with Crippen LogP contribution in [0.1, 0.15) is 34.1 Å². The van der Waals surface area contributed by atoms with Crippen molar-refractivity contribution >= 4 is 0 Å². The largest absolute Gasteiger partial charge is 0.319 e. The second kappa shape index (κ2) is 4.34. The minimum Gasteiger partial charge on any atom is -0.319 e. The third-order valence-electron chi connectivity index (χ3n) is 2.96. The smallest absolute Gasteiger partial charge is 0.0723 e. The topological polar surface area (TPSA) is 43.8 Å². The maximum atomic E-state index is 6.31. The molecule has 3 heteroatoms. The highest BCUT2D eigenvalue weighted by atomic mass is 15.3. The lowest BCUT2D eigenvalue weighted by molar-refractivity contribution is 0.669. The van der Waals surface area contributed by atoms with Crippen LogP contribution in [0.3, 0.4) is 0 Å². The Morgan fingerprint density at radius 1 is 1.06 bits per heavy atom. The molecule has 1 aromatic carbocycles. The Bertz CT molecular complexity index is 520. The van der Waals surface area contributed by atoms with E-state index in [2.05, 4.69) is 37.1 Å². The fraction of sp³-hybridized carbons (Fsp3) is 0.357. The molecule has 0 fully saturated rings. The highest BCUT2D eigenvalue weighted by molar-refractivity contribution is 5.34. The maximum Gasteiger partial charge on any atom is 0.0723 e. The molecule has 0 spiro atoms. The van der Waals surface area contributed by atoms with Gasteiger partial charge >= 0.3 is 0 Å². The van der Waals surface area contributed by atoms with Crippen LogP contribution in [0.2, 0.25) is 0 Å². The predicted octanol–water partition coefficient (Wildman–Crippen LogP) is 2.39. The molecular formula is C14H19N3. The zero-order chi connectivity index (χ0) is 12.6. The molecule has 0 amide bonds. The number of rotatable bonds is 2. The standard InChI is InChI=1S/C14H19N3/c1-9-5-10(2)7-12(6-9)14(15)13-8-11(3)16-17(13)4/h5-8,14H,15H2,1-4H3. The van der Waals surface area contributed by atoms with Crippen molar-refractivity contribution < 1.29 is 0 Å². The normalized spacial score (nSPS) is 12.8. The van der Waals surface area contributed by atoms with Crippen molar-refractivity contribution in [3.05, 3.63) is 52.3 Å². The van der Waals surface area contributed by atoms with E-state index in [4.69, 9.17) is 5.73 Å². The van der Waals surface area contributed by atoms with Crippen LogP contribution >= 0.6 is 0 Å². The zero-order valence-corrected chi connectivity index (χ0v) is 10.9. The van der Waals surface area contributed by atoms with Gasteiger partial charge in [0.2, 0.25) is 0 Å². The quantitative estimate of drug-likeness (QED) is 0.859. The van der Waals surface area contributed by atoms with Crippen molar-refractivity contribution in [2.45, 2.75) is 26.8 Å². The molecular weight excluding hydrogens is 210 g/mol. The first kappa shape index (κ1) is 11.9. The van der Waals surface area contributed by atoms with E-state index in [0.717, 1.165) is 17.0 Å². The minimum atomic E-state index is -0.111. The number of nitrogens with two attached hydrogens (primary N) is 1. The summed E-state index contributed by atoms with van der Waals surface area (Å²) in [7, 11) is 1.94. The van der Waals surface area contributed by atoms with Gasteiger partial charge in [-0.05, 0) is 32.4 Å². The van der Waals surface area contributed by atoms with Gasteiger partial charge in [0.25, 0.3) is 0 Å². The van der Waals surface area contributed by atoms with Crippen LogP contribution in [0.5, 0.6) is 0 Å². The molecule has 0 bridgehead atoms. The minimum absolute atomic E-state index is 0.111. The molecule has 0 aliphatic rings. The van der Waals surface area contributed by atoms with Gasteiger partial charge < -0.3 is 5.73 Å². The first-order valence-corrected chi connectivity index (χ1v) is 5.81. The van der Waals surface area contributed by atoms with Crippen molar-refractivity contribution in [3.63, 3.8) is 0 Å². The van der Waals surface area contributed by atoms with Crippen molar-refractivity contribution in [1.29, 1.82) is 0 Å². The van der Waals surface area contributed by atoms with Crippen LogP contribution in [0, 0.1) is 20.8 Å². The van der Waals surface area contributed by atoms with Crippen LogP contribution in [-0.2, 0) is 7.05 Å². The fourth-order valence-corrected chi connectivity index (χ4v) is 2.28. The Labute approximate surface area is 102 Å². The van der Waals surface area contributed by atoms with Crippen LogP contribution in [0.15, 0.2) is 24.3 Å². The van der Waals surface area contributed by atoms with E-state index in [-0.39, 0.29) is 6.04 Å². The van der Waals surface area contributed by atoms with Gasteiger partial charge in [-0.2, -0.15) is 5.10 Å². The molecule has 0 radical (unpaired) electrons. The van der Waals surface area contributed by atoms with E-state index >= 15 is 0 Å². The monoisotopic (exact) mass is 229 g/mol. The molecule has 2 aromatic rings. The van der Waals surface area contributed by atoms with Gasteiger partial charge in [-0.3, -0.25) is 4.68 Å². The van der Waals surface area contributed by atoms with E-state index in [9.17, 15) is 0 Å². The predicted molar refractivity (Wildman–Crippen MR) is 69.9 cm³/mol. The van der Waals surface area contributed by atoms with Crippen molar-refractivity contribution in [1.82, 2.24) is 9.78 Å². The Balaban J connectivity index is 2.43. The third-order valence-corrected chi connectivity index (χ3v) is 2.96. The lowest BCUT2D eigenvalue weighted by Crippen LogP contribution is -2.16. The highest BCUT2D eigenvalue weighted by Crippen LogP contribution is 2.22. The lowest BCUT2D eigenvalue weighted by atomic mass is 9.99. The van der Waals surface area contributed by atoms with Gasteiger partial charge in [-0.1, -0.05) is 29.3 Å². The Morgan fingerprint density at radius 3 is 2.12 bits per heavy atom. The molecule has 90 valence electrons. The highest BCUT2D eigenvalue weighted by Gasteiger charge is 2.14. The number of nitrogens with zero attached hydrogens (tertiary/aromatic N) is 2. The summed E-state index contributed by atoms with van der Waals surface area (Å²) in [6.45, 7) is 6.17. The molecule has 1 heterocycles. The first-order chi connectivity index (χ1) is 7.97. The molecule has 0 aliphatic carbocycles. The average Bonchev–Trinajstić information content (AvgIpc) is 2.55. The van der Waals surface area contributed by atoms with Crippen LogP contribution in [0.25, 0.3) is 0 Å². The Kier molecular flexibility index (Phi) is 3.03. The van der Waals surface area contributed by atoms with Crippen molar-refractivity contribution in [2.75, 3.05) is 0 Å². The van der Waals surface area contributed by atoms with E-state index in [0.29, 0.717) is 0 Å². The van der Waals surface area contributed by atoms with Gasteiger partial charge in [-0.15, -0.1) is 0 Å². The van der Waals surface area contributed by atoms with E-state index < -0.39 is 0 Å². The van der Waals surface area contributed by atoms with Crippen LogP contribution < -0.4 is 5.73 Å². The van der Waals surface area contributed by atoms with Gasteiger partial charge in [0.15, 0.2) is 0 Å². The summed E-state index contributed by atoms with van der Waals surface area (Å²) < 4.78 is 1.86. The SMILES string of the molecule is Cc1cc(C)cc(C(N)c2cc(C)nn2C)c1. The van der Waals surface area contributed by atoms with E-state index in [1.807, 2.05) is 24.7 Å². The fourth-order valence-electron chi connectivity index (χ4n) is 2.28. The van der Waals surface area contributed by atoms with Crippen molar-refractivity contribution in [2.24, 2.45) is 12.8 Å². The number of benzene rings is 1. The lowest BCUT2D eigenvalue weighted by Gasteiger charge is -2.14. The molecule has 0 aliphatic heterocycles. The molecule has 17 heavy (non-hydrogen) atoms. The van der Waals surface area contributed by atoms with Gasteiger partial charge in [0, 0.05) is 7.05 Å². The summed E-state index contributed by atoms with van der Waals surface area (Å²) in [6, 6.07) is 8.37. The average molecular weight is 229 g/mol. The number of hydrogen-bond donors (Lipinski definition) is 1. The maximum absolute atomic E-state index is 6.31. The third kappa shape index (κ3) is 2.39. The molecule has 2 N–H and O–H groups in total. The summed E-state index contributed by atoms with van der Waals surface area (Å²) in [5.41, 5.74) is 12.0. The van der Waals surface area contributed by atoms with Gasteiger partial charge in [0.05, 0.1) is 17.4 Å². The summed E-state index contributed by atoms with van der Waals surface area (Å²) in [5.74, 6) is 0. The zero-order valence-electron chi connectivity index (χ0n) is 10.9. The van der Waals surface area contributed by atoms with Crippen molar-refractivity contribution in [3.8, 4) is 0 Å². The number of aromatic nitrogens is 2. The summed E-state index contributed by atoms with van der Waals surface area (Å²) in [6.07, 6.45) is 0. The van der Waals surface area contributed by atoms with E-state index in [1.54, 1.807) is 0 Å². The van der Waals surface area contributed by atoms with Gasteiger partial charge in [0.1, 0.15) is 0 Å². The van der Waals surface area contributed by atoms with Gasteiger partial charge in [-0.25, -0.2) is 0 Å². The van der Waals surface area contributed by atoms with Crippen LogP contribution in [-0.4, -0.2) is 9.78 Å². The second-order valence-corrected chi connectivity index (χ2v) is 4.73. The first-order valence-electron chi connectivity index (χ1n) is 5.81.